The van der Waals surface area contributed by atoms with Gasteiger partial charge in [0.1, 0.15) is 0 Å². The first-order valence-corrected chi connectivity index (χ1v) is 8.44. The fourth-order valence-corrected chi connectivity index (χ4v) is 4.95. The molecule has 0 heteroatoms. The second-order valence-electron chi connectivity index (χ2n) is 6.89. The van der Waals surface area contributed by atoms with E-state index in [1.165, 1.54) is 32.0 Å². The lowest BCUT2D eigenvalue weighted by Gasteiger charge is -2.36. The minimum atomic E-state index is 0.479. The van der Waals surface area contributed by atoms with Gasteiger partial charge >= 0.3 is 0 Å². The lowest BCUT2D eigenvalue weighted by atomic mass is 9.67. The van der Waals surface area contributed by atoms with Crippen molar-refractivity contribution in [2.24, 2.45) is 5.92 Å². The second kappa shape index (κ2) is 4.02. The van der Waals surface area contributed by atoms with Crippen LogP contribution in [0.1, 0.15) is 12.0 Å². The molecule has 108 valence electrons. The molecule has 0 spiro atoms. The van der Waals surface area contributed by atoms with Gasteiger partial charge in [0.25, 0.3) is 0 Å². The maximum atomic E-state index is 2.42. The summed E-state index contributed by atoms with van der Waals surface area (Å²) in [7, 11) is 0. The molecule has 0 amide bonds. The molecule has 0 nitrogen and oxygen atoms in total. The van der Waals surface area contributed by atoms with Crippen molar-refractivity contribution < 1.29 is 0 Å². The molecule has 0 bridgehead atoms. The largest absolute Gasteiger partial charge is 0.0722 e. The molecule has 1 atom stereocenters. The summed E-state index contributed by atoms with van der Waals surface area (Å²) in [5.41, 5.74) is 7.71. The van der Waals surface area contributed by atoms with E-state index in [9.17, 15) is 0 Å². The van der Waals surface area contributed by atoms with E-state index in [0.717, 1.165) is 12.8 Å². The average Bonchev–Trinajstić information content (AvgIpc) is 2.62. The van der Waals surface area contributed by atoms with E-state index < -0.39 is 0 Å². The zero-order valence-corrected chi connectivity index (χ0v) is 12.8. The van der Waals surface area contributed by atoms with Crippen LogP contribution >= 0.6 is 0 Å². The molecule has 0 aliphatic heterocycles. The topological polar surface area (TPSA) is 0 Å². The molecular formula is C23H16. The quantitative estimate of drug-likeness (QED) is 0.693. The van der Waals surface area contributed by atoms with Gasteiger partial charge in [-0.25, -0.2) is 0 Å². The summed E-state index contributed by atoms with van der Waals surface area (Å²) in [6.45, 7) is 0. The first-order valence-electron chi connectivity index (χ1n) is 8.44. The summed E-state index contributed by atoms with van der Waals surface area (Å²) >= 11 is 0. The Hall–Kier alpha value is -2.60. The van der Waals surface area contributed by atoms with Gasteiger partial charge in [-0.2, -0.15) is 0 Å². The van der Waals surface area contributed by atoms with Crippen LogP contribution in [0.2, 0.25) is 0 Å². The highest BCUT2D eigenvalue weighted by Crippen LogP contribution is 2.42. The van der Waals surface area contributed by atoms with E-state index in [1.807, 2.05) is 0 Å². The lowest BCUT2D eigenvalue weighted by Crippen LogP contribution is -2.46. The monoisotopic (exact) mass is 292 g/mol. The van der Waals surface area contributed by atoms with Crippen LogP contribution in [-0.2, 0) is 6.42 Å². The summed E-state index contributed by atoms with van der Waals surface area (Å²) in [4.78, 5) is 0. The highest BCUT2D eigenvalue weighted by molar-refractivity contribution is 6.02. The molecule has 0 aromatic heterocycles. The molecule has 0 radical (unpaired) electrons. The number of allylic oxidation sites excluding steroid dienone is 4. The van der Waals surface area contributed by atoms with Crippen molar-refractivity contribution in [2.75, 3.05) is 0 Å². The fourth-order valence-electron chi connectivity index (χ4n) is 4.95. The Morgan fingerprint density at radius 3 is 2.78 bits per heavy atom. The first kappa shape index (κ1) is 11.9. The molecule has 4 aliphatic carbocycles. The predicted octanol–water partition coefficient (Wildman–Crippen LogP) is 1.71. The molecule has 2 aromatic carbocycles. The zero-order chi connectivity index (χ0) is 15.0. The molecule has 0 saturated carbocycles. The maximum Gasteiger partial charge on any atom is 0.0320 e. The van der Waals surface area contributed by atoms with Crippen molar-refractivity contribution in [1.82, 2.24) is 0 Å². The van der Waals surface area contributed by atoms with Gasteiger partial charge in [0.05, 0.1) is 0 Å². The van der Waals surface area contributed by atoms with E-state index in [2.05, 4.69) is 66.8 Å². The van der Waals surface area contributed by atoms with Crippen molar-refractivity contribution in [3.8, 4) is 0 Å². The molecule has 1 unspecified atom stereocenters. The minimum absolute atomic E-state index is 0.479. The number of benzene rings is 2. The third-order valence-corrected chi connectivity index (χ3v) is 5.82. The van der Waals surface area contributed by atoms with Gasteiger partial charge in [0.2, 0.25) is 0 Å². The van der Waals surface area contributed by atoms with Crippen molar-refractivity contribution in [3.05, 3.63) is 92.7 Å². The van der Waals surface area contributed by atoms with Gasteiger partial charge in [0, 0.05) is 5.92 Å². The Balaban J connectivity index is 1.97. The Kier molecular flexibility index (Phi) is 2.08. The van der Waals surface area contributed by atoms with E-state index in [-0.39, 0.29) is 0 Å². The van der Waals surface area contributed by atoms with Crippen LogP contribution in [0.5, 0.6) is 0 Å². The van der Waals surface area contributed by atoms with Crippen LogP contribution in [0.15, 0.2) is 66.3 Å². The van der Waals surface area contributed by atoms with E-state index in [0.29, 0.717) is 5.92 Å². The van der Waals surface area contributed by atoms with E-state index >= 15 is 0 Å². The van der Waals surface area contributed by atoms with Crippen LogP contribution in [0, 0.1) is 5.92 Å². The fraction of sp³-hybridized carbons (Fsp3) is 0.130. The smallest absolute Gasteiger partial charge is 0.0320 e. The van der Waals surface area contributed by atoms with Crippen molar-refractivity contribution >= 4 is 22.8 Å². The summed E-state index contributed by atoms with van der Waals surface area (Å²) in [6.07, 6.45) is 11.5. The number of fused-ring (bicyclic) bond motifs is 1. The standard InChI is InChI=1S/C23H16/c1-2-9-18-17(8-1)19-10-4-7-16-13-15-6-3-5-14-11-12-20(18)23(21(14)15)22(16)19/h1-11,22H,12-13H2. The highest BCUT2D eigenvalue weighted by Gasteiger charge is 2.34. The number of hydrogen-bond acceptors (Lipinski definition) is 0. The first-order chi connectivity index (χ1) is 11.4. The van der Waals surface area contributed by atoms with Crippen molar-refractivity contribution in [1.29, 1.82) is 0 Å². The Morgan fingerprint density at radius 2 is 1.83 bits per heavy atom. The Morgan fingerprint density at radius 1 is 0.913 bits per heavy atom. The van der Waals surface area contributed by atoms with E-state index in [1.54, 1.807) is 16.7 Å². The summed E-state index contributed by atoms with van der Waals surface area (Å²) in [5, 5.41) is 5.85. The second-order valence-corrected chi connectivity index (χ2v) is 6.89. The van der Waals surface area contributed by atoms with Gasteiger partial charge in [-0.1, -0.05) is 72.3 Å². The van der Waals surface area contributed by atoms with Crippen LogP contribution < -0.4 is 20.9 Å². The van der Waals surface area contributed by atoms with Crippen LogP contribution in [0.3, 0.4) is 0 Å². The maximum absolute atomic E-state index is 2.42. The highest BCUT2D eigenvalue weighted by atomic mass is 14.4. The van der Waals surface area contributed by atoms with Gasteiger partial charge in [-0.15, -0.1) is 0 Å². The third-order valence-electron chi connectivity index (χ3n) is 5.82. The molecule has 23 heavy (non-hydrogen) atoms. The van der Waals surface area contributed by atoms with Crippen molar-refractivity contribution in [3.63, 3.8) is 0 Å². The molecule has 0 saturated heterocycles. The SMILES string of the molecule is C1=CC2=c3ccccc3=C3CC=c4cccc5c4=C3C2C(=C1)C5. The predicted molar refractivity (Wildman–Crippen MR) is 95.1 cm³/mol. The molecule has 0 heterocycles. The summed E-state index contributed by atoms with van der Waals surface area (Å²) in [6, 6.07) is 15.8. The number of rotatable bonds is 0. The van der Waals surface area contributed by atoms with E-state index in [4.69, 9.17) is 0 Å². The normalized spacial score (nSPS) is 22.2. The Bertz CT molecular complexity index is 1200. The number of hydrogen-bond donors (Lipinski definition) is 0. The lowest BCUT2D eigenvalue weighted by molar-refractivity contribution is 0.884. The molecule has 2 aromatic rings. The van der Waals surface area contributed by atoms with Gasteiger partial charge < -0.3 is 0 Å². The third kappa shape index (κ3) is 1.37. The zero-order valence-electron chi connectivity index (χ0n) is 12.8. The molecular weight excluding hydrogens is 276 g/mol. The van der Waals surface area contributed by atoms with Crippen LogP contribution in [-0.4, -0.2) is 0 Å². The van der Waals surface area contributed by atoms with Gasteiger partial charge in [0.15, 0.2) is 0 Å². The van der Waals surface area contributed by atoms with Gasteiger partial charge in [-0.05, 0) is 56.0 Å². The van der Waals surface area contributed by atoms with Crippen molar-refractivity contribution in [2.45, 2.75) is 12.8 Å². The van der Waals surface area contributed by atoms with Gasteiger partial charge in [-0.3, -0.25) is 0 Å². The average molecular weight is 292 g/mol. The Labute approximate surface area is 134 Å². The molecule has 6 rings (SSSR count). The molecule has 0 N–H and O–H groups in total. The van der Waals surface area contributed by atoms with Crippen LogP contribution in [0.4, 0.5) is 0 Å². The molecule has 0 fully saturated rings. The molecule has 4 aliphatic rings. The summed E-state index contributed by atoms with van der Waals surface area (Å²) in [5.74, 6) is 0.479. The van der Waals surface area contributed by atoms with Crippen LogP contribution in [0.25, 0.3) is 22.8 Å². The summed E-state index contributed by atoms with van der Waals surface area (Å²) < 4.78 is 0. The minimum Gasteiger partial charge on any atom is -0.0722 e.